The van der Waals surface area contributed by atoms with Gasteiger partial charge in [0.2, 0.25) is 0 Å². The molecule has 0 aliphatic carbocycles. The number of esters is 1. The fourth-order valence-corrected chi connectivity index (χ4v) is 2.66. The van der Waals surface area contributed by atoms with Crippen LogP contribution in [0.25, 0.3) is 6.08 Å². The van der Waals surface area contributed by atoms with E-state index in [0.717, 1.165) is 18.2 Å². The Balaban J connectivity index is 1.70. The first-order valence-electron chi connectivity index (χ1n) is 9.24. The van der Waals surface area contributed by atoms with E-state index in [1.165, 1.54) is 36.4 Å². The number of rotatable bonds is 5. The van der Waals surface area contributed by atoms with Gasteiger partial charge in [-0.05, 0) is 54.1 Å². The number of ether oxygens (including phenoxy) is 1. The number of halogens is 3. The molecule has 0 saturated carbocycles. The van der Waals surface area contributed by atoms with Crippen LogP contribution in [0, 0.1) is 11.3 Å². The molecule has 1 N–H and O–H groups in total. The number of hydrogen-bond donors (Lipinski definition) is 1. The van der Waals surface area contributed by atoms with E-state index in [2.05, 4.69) is 5.32 Å². The highest BCUT2D eigenvalue weighted by molar-refractivity contribution is 6.09. The van der Waals surface area contributed by atoms with Gasteiger partial charge in [-0.25, -0.2) is 4.79 Å². The summed E-state index contributed by atoms with van der Waals surface area (Å²) in [6.07, 6.45) is -3.29. The van der Waals surface area contributed by atoms with Gasteiger partial charge in [0.1, 0.15) is 17.4 Å². The first-order valence-corrected chi connectivity index (χ1v) is 9.24. The first-order chi connectivity index (χ1) is 15.3. The summed E-state index contributed by atoms with van der Waals surface area (Å²) in [5.41, 5.74) is -0.473. The summed E-state index contributed by atoms with van der Waals surface area (Å²) in [5, 5.41) is 11.6. The molecule has 0 fully saturated rings. The van der Waals surface area contributed by atoms with Crippen LogP contribution in [0.4, 0.5) is 18.9 Å². The number of anilines is 1. The van der Waals surface area contributed by atoms with Gasteiger partial charge >= 0.3 is 12.1 Å². The molecule has 32 heavy (non-hydrogen) atoms. The number of alkyl halides is 3. The zero-order valence-electron chi connectivity index (χ0n) is 16.4. The van der Waals surface area contributed by atoms with Crippen molar-refractivity contribution >= 4 is 23.6 Å². The molecule has 0 spiro atoms. The van der Waals surface area contributed by atoms with Gasteiger partial charge in [0.05, 0.1) is 11.1 Å². The Morgan fingerprint density at radius 1 is 0.938 bits per heavy atom. The van der Waals surface area contributed by atoms with Gasteiger partial charge in [0, 0.05) is 5.69 Å². The molecule has 0 aliphatic heterocycles. The highest BCUT2D eigenvalue weighted by Gasteiger charge is 2.30. The normalized spacial score (nSPS) is 11.4. The van der Waals surface area contributed by atoms with Gasteiger partial charge in [-0.15, -0.1) is 0 Å². The van der Waals surface area contributed by atoms with E-state index in [1.54, 1.807) is 36.4 Å². The standard InChI is InChI=1S/C24H15F3N2O3/c25-24(26,27)19-7-4-8-20(14-19)29-22(30)18(15-28)13-16-9-11-21(12-10-16)32-23(31)17-5-2-1-3-6-17/h1-14H,(H,29,30)/b18-13+. The van der Waals surface area contributed by atoms with Crippen molar-refractivity contribution in [3.63, 3.8) is 0 Å². The van der Waals surface area contributed by atoms with E-state index in [1.807, 2.05) is 0 Å². The molecule has 3 aromatic carbocycles. The summed E-state index contributed by atoms with van der Waals surface area (Å²) >= 11 is 0. The Morgan fingerprint density at radius 3 is 2.25 bits per heavy atom. The summed E-state index contributed by atoms with van der Waals surface area (Å²) in [5.74, 6) is -1.12. The molecule has 0 heterocycles. The second-order valence-corrected chi connectivity index (χ2v) is 6.53. The molecule has 0 aromatic heterocycles. The number of nitrogens with zero attached hydrogens (tertiary/aromatic N) is 1. The molecule has 0 radical (unpaired) electrons. The lowest BCUT2D eigenvalue weighted by Gasteiger charge is -2.09. The van der Waals surface area contributed by atoms with Crippen molar-refractivity contribution < 1.29 is 27.5 Å². The second-order valence-electron chi connectivity index (χ2n) is 6.53. The van der Waals surface area contributed by atoms with Crippen molar-refractivity contribution in [2.75, 3.05) is 5.32 Å². The van der Waals surface area contributed by atoms with Crippen LogP contribution < -0.4 is 10.1 Å². The molecule has 160 valence electrons. The zero-order chi connectivity index (χ0) is 23.1. The minimum absolute atomic E-state index is 0.0888. The summed E-state index contributed by atoms with van der Waals surface area (Å²) in [6, 6.07) is 20.3. The molecule has 0 bridgehead atoms. The van der Waals surface area contributed by atoms with Crippen LogP contribution in [0.1, 0.15) is 21.5 Å². The monoisotopic (exact) mass is 436 g/mol. The van der Waals surface area contributed by atoms with Gasteiger partial charge in [-0.3, -0.25) is 4.79 Å². The molecule has 0 atom stereocenters. The van der Waals surface area contributed by atoms with Gasteiger partial charge in [-0.2, -0.15) is 18.4 Å². The molecule has 0 saturated heterocycles. The van der Waals surface area contributed by atoms with Crippen molar-refractivity contribution in [1.82, 2.24) is 0 Å². The maximum absolute atomic E-state index is 12.8. The van der Waals surface area contributed by atoms with Gasteiger partial charge < -0.3 is 10.1 Å². The Hall–Kier alpha value is -4.38. The van der Waals surface area contributed by atoms with Crippen LogP contribution in [0.2, 0.25) is 0 Å². The smallest absolute Gasteiger partial charge is 0.416 e. The van der Waals surface area contributed by atoms with Crippen molar-refractivity contribution in [3.05, 3.63) is 101 Å². The molecule has 5 nitrogen and oxygen atoms in total. The highest BCUT2D eigenvalue weighted by atomic mass is 19.4. The molecule has 3 aromatic rings. The molecular weight excluding hydrogens is 421 g/mol. The Bertz CT molecular complexity index is 1200. The van der Waals surface area contributed by atoms with Crippen LogP contribution in [0.15, 0.2) is 84.4 Å². The molecular formula is C24H15F3N2O3. The maximum Gasteiger partial charge on any atom is 0.416 e. The van der Waals surface area contributed by atoms with Gasteiger partial charge in [0.15, 0.2) is 0 Å². The summed E-state index contributed by atoms with van der Waals surface area (Å²) in [4.78, 5) is 24.4. The van der Waals surface area contributed by atoms with Crippen molar-refractivity contribution in [2.45, 2.75) is 6.18 Å². The first kappa shape index (κ1) is 22.3. The molecule has 3 rings (SSSR count). The number of nitriles is 1. The number of carbonyl (C=O) groups excluding carboxylic acids is 2. The topological polar surface area (TPSA) is 79.2 Å². The Morgan fingerprint density at radius 2 is 1.62 bits per heavy atom. The lowest BCUT2D eigenvalue weighted by molar-refractivity contribution is -0.137. The summed E-state index contributed by atoms with van der Waals surface area (Å²) in [7, 11) is 0. The van der Waals surface area contributed by atoms with Crippen molar-refractivity contribution in [1.29, 1.82) is 5.26 Å². The molecule has 0 aliphatic rings. The van der Waals surface area contributed by atoms with E-state index < -0.39 is 23.6 Å². The van der Waals surface area contributed by atoms with E-state index in [4.69, 9.17) is 4.74 Å². The van der Waals surface area contributed by atoms with E-state index in [9.17, 15) is 28.0 Å². The number of nitrogens with one attached hydrogen (secondary N) is 1. The van der Waals surface area contributed by atoms with E-state index in [0.29, 0.717) is 11.1 Å². The van der Waals surface area contributed by atoms with Crippen LogP contribution in [-0.4, -0.2) is 11.9 Å². The second kappa shape index (κ2) is 9.62. The van der Waals surface area contributed by atoms with Gasteiger partial charge in [-0.1, -0.05) is 36.4 Å². The third kappa shape index (κ3) is 5.83. The number of hydrogen-bond acceptors (Lipinski definition) is 4. The third-order valence-corrected chi connectivity index (χ3v) is 4.22. The quantitative estimate of drug-likeness (QED) is 0.249. The predicted octanol–water partition coefficient (Wildman–Crippen LogP) is 5.47. The lowest BCUT2D eigenvalue weighted by atomic mass is 10.1. The van der Waals surface area contributed by atoms with Crippen molar-refractivity contribution in [2.24, 2.45) is 0 Å². The highest BCUT2D eigenvalue weighted by Crippen LogP contribution is 2.30. The van der Waals surface area contributed by atoms with E-state index >= 15 is 0 Å². The van der Waals surface area contributed by atoms with Crippen LogP contribution in [0.3, 0.4) is 0 Å². The van der Waals surface area contributed by atoms with Gasteiger partial charge in [0.25, 0.3) is 5.91 Å². The summed E-state index contributed by atoms with van der Waals surface area (Å²) < 4.78 is 43.7. The largest absolute Gasteiger partial charge is 0.423 e. The summed E-state index contributed by atoms with van der Waals surface area (Å²) in [6.45, 7) is 0. The number of carbonyl (C=O) groups is 2. The Labute approximate surface area is 181 Å². The fourth-order valence-electron chi connectivity index (χ4n) is 2.66. The fraction of sp³-hybridized carbons (Fsp3) is 0.0417. The van der Waals surface area contributed by atoms with Crippen LogP contribution in [-0.2, 0) is 11.0 Å². The SMILES string of the molecule is N#C/C(=C\c1ccc(OC(=O)c2ccccc2)cc1)C(=O)Nc1cccc(C(F)(F)F)c1. The average Bonchev–Trinajstić information content (AvgIpc) is 2.78. The third-order valence-electron chi connectivity index (χ3n) is 4.22. The minimum Gasteiger partial charge on any atom is -0.423 e. The van der Waals surface area contributed by atoms with Crippen LogP contribution >= 0.6 is 0 Å². The minimum atomic E-state index is -4.56. The Kier molecular flexibility index (Phi) is 6.71. The molecule has 8 heteroatoms. The average molecular weight is 436 g/mol. The lowest BCUT2D eigenvalue weighted by Crippen LogP contribution is -2.14. The van der Waals surface area contributed by atoms with Crippen LogP contribution in [0.5, 0.6) is 5.75 Å². The van der Waals surface area contributed by atoms with E-state index in [-0.39, 0.29) is 17.0 Å². The number of benzene rings is 3. The predicted molar refractivity (Wildman–Crippen MR) is 112 cm³/mol. The molecule has 0 unspecified atom stereocenters. The maximum atomic E-state index is 12.8. The number of amides is 1. The zero-order valence-corrected chi connectivity index (χ0v) is 16.4. The molecule has 1 amide bonds. The van der Waals surface area contributed by atoms with Crippen molar-refractivity contribution in [3.8, 4) is 11.8 Å².